The van der Waals surface area contributed by atoms with Crippen LogP contribution in [-0.2, 0) is 0 Å². The number of hydrogen-bond donors (Lipinski definition) is 2. The molecule has 0 aliphatic carbocycles. The number of hydrazine groups is 1. The van der Waals surface area contributed by atoms with Crippen molar-refractivity contribution in [1.29, 1.82) is 0 Å². The van der Waals surface area contributed by atoms with Gasteiger partial charge in [0, 0.05) is 37.1 Å². The molecule has 2 N–H and O–H groups in total. The molecule has 8 nitrogen and oxygen atoms in total. The van der Waals surface area contributed by atoms with Gasteiger partial charge >= 0.3 is 0 Å². The maximum Gasteiger partial charge on any atom is 0.270 e. The van der Waals surface area contributed by atoms with Gasteiger partial charge in [0.25, 0.3) is 11.8 Å². The number of rotatable bonds is 5. The summed E-state index contributed by atoms with van der Waals surface area (Å²) in [5.74, 6) is -0.663. The van der Waals surface area contributed by atoms with E-state index in [1.54, 1.807) is 35.1 Å². The maximum atomic E-state index is 12.9. The van der Waals surface area contributed by atoms with Gasteiger partial charge in [-0.15, -0.1) is 0 Å². The summed E-state index contributed by atoms with van der Waals surface area (Å²) in [5.41, 5.74) is 8.26. The molecule has 0 bridgehead atoms. The van der Waals surface area contributed by atoms with E-state index in [4.69, 9.17) is 4.98 Å². The van der Waals surface area contributed by atoms with Crippen molar-refractivity contribution in [3.05, 3.63) is 53.3 Å². The Balaban J connectivity index is 1.86. The third-order valence-corrected chi connectivity index (χ3v) is 4.83. The highest BCUT2D eigenvalue weighted by Crippen LogP contribution is 2.24. The molecule has 2 amide bonds. The predicted octanol–water partition coefficient (Wildman–Crippen LogP) is 3.28. The summed E-state index contributed by atoms with van der Waals surface area (Å²) in [6.07, 6.45) is 1.64. The zero-order valence-electron chi connectivity index (χ0n) is 18.2. The summed E-state index contributed by atoms with van der Waals surface area (Å²) in [6.45, 7) is 8.06. The first-order chi connectivity index (χ1) is 14.2. The third kappa shape index (κ3) is 4.27. The molecule has 3 aromatic rings. The average molecular weight is 409 g/mol. The Bertz CT molecular complexity index is 1080. The van der Waals surface area contributed by atoms with E-state index in [2.05, 4.69) is 16.0 Å². The molecule has 8 heteroatoms. The Kier molecular flexibility index (Phi) is 6.05. The molecule has 0 unspecified atom stereocenters. The van der Waals surface area contributed by atoms with Crippen LogP contribution in [-0.4, -0.2) is 40.7 Å². The van der Waals surface area contributed by atoms with Crippen molar-refractivity contribution in [2.45, 2.75) is 39.7 Å². The van der Waals surface area contributed by atoms with Crippen molar-refractivity contribution in [3.63, 3.8) is 0 Å². The average Bonchev–Trinajstić information content (AvgIpc) is 3.15. The van der Waals surface area contributed by atoms with Crippen molar-refractivity contribution in [1.82, 2.24) is 25.6 Å². The molecule has 0 aliphatic rings. The Morgan fingerprint density at radius 2 is 1.73 bits per heavy atom. The van der Waals surface area contributed by atoms with Gasteiger partial charge in [0.2, 0.25) is 0 Å². The SMILES string of the molecule is CC(C)c1cc(C(=O)NNC(=O)c2cccc(N(C)C)c2)c2cnn(C(C)C)c2n1. The van der Waals surface area contributed by atoms with Gasteiger partial charge in [-0.2, -0.15) is 5.10 Å². The van der Waals surface area contributed by atoms with Gasteiger partial charge in [0.05, 0.1) is 17.1 Å². The molecule has 30 heavy (non-hydrogen) atoms. The number of benzene rings is 1. The predicted molar refractivity (Wildman–Crippen MR) is 118 cm³/mol. The smallest absolute Gasteiger partial charge is 0.270 e. The van der Waals surface area contributed by atoms with E-state index < -0.39 is 5.91 Å². The Labute approximate surface area is 176 Å². The molecule has 3 rings (SSSR count). The van der Waals surface area contributed by atoms with E-state index >= 15 is 0 Å². The highest BCUT2D eigenvalue weighted by molar-refractivity contribution is 6.06. The lowest BCUT2D eigenvalue weighted by Gasteiger charge is -2.14. The van der Waals surface area contributed by atoms with Crippen molar-refractivity contribution in [3.8, 4) is 0 Å². The third-order valence-electron chi connectivity index (χ3n) is 4.83. The van der Waals surface area contributed by atoms with Crippen LogP contribution in [0.1, 0.15) is 66.1 Å². The lowest BCUT2D eigenvalue weighted by molar-refractivity contribution is 0.0847. The van der Waals surface area contributed by atoms with Gasteiger partial charge in [-0.1, -0.05) is 19.9 Å². The number of aromatic nitrogens is 3. The number of carbonyl (C=O) groups is 2. The summed E-state index contributed by atoms with van der Waals surface area (Å²) in [5, 5.41) is 5.04. The molecule has 0 aliphatic heterocycles. The van der Waals surface area contributed by atoms with E-state index in [-0.39, 0.29) is 17.9 Å². The molecule has 0 saturated heterocycles. The number of hydrogen-bond acceptors (Lipinski definition) is 5. The highest BCUT2D eigenvalue weighted by atomic mass is 16.2. The van der Waals surface area contributed by atoms with Gasteiger partial charge in [0.15, 0.2) is 5.65 Å². The first-order valence-electron chi connectivity index (χ1n) is 9.95. The number of nitrogens with one attached hydrogen (secondary N) is 2. The second-order valence-corrected chi connectivity index (χ2v) is 8.02. The lowest BCUT2D eigenvalue weighted by atomic mass is 10.1. The minimum absolute atomic E-state index is 0.108. The fourth-order valence-corrected chi connectivity index (χ4v) is 3.08. The fraction of sp³-hybridized carbons (Fsp3) is 0.364. The van der Waals surface area contributed by atoms with Crippen molar-refractivity contribution in [2.24, 2.45) is 0 Å². The van der Waals surface area contributed by atoms with E-state index in [9.17, 15) is 9.59 Å². The molecule has 2 aromatic heterocycles. The molecule has 158 valence electrons. The molecule has 0 radical (unpaired) electrons. The topological polar surface area (TPSA) is 92.2 Å². The second-order valence-electron chi connectivity index (χ2n) is 8.02. The van der Waals surface area contributed by atoms with Crippen LogP contribution in [0.15, 0.2) is 36.5 Å². The molecular formula is C22H28N6O2. The number of amides is 2. The largest absolute Gasteiger partial charge is 0.378 e. The van der Waals surface area contributed by atoms with Crippen LogP contribution in [0.25, 0.3) is 11.0 Å². The second kappa shape index (κ2) is 8.52. The number of nitrogens with zero attached hydrogens (tertiary/aromatic N) is 4. The first kappa shape index (κ1) is 21.3. The van der Waals surface area contributed by atoms with Crippen LogP contribution in [0, 0.1) is 0 Å². The summed E-state index contributed by atoms with van der Waals surface area (Å²) in [6, 6.07) is 9.03. The molecular weight excluding hydrogens is 380 g/mol. The minimum atomic E-state index is -0.412. The van der Waals surface area contributed by atoms with E-state index in [1.807, 2.05) is 52.8 Å². The van der Waals surface area contributed by atoms with Crippen molar-refractivity contribution >= 4 is 28.5 Å². The summed E-state index contributed by atoms with van der Waals surface area (Å²) in [7, 11) is 3.80. The molecule has 0 saturated carbocycles. The summed E-state index contributed by atoms with van der Waals surface area (Å²) in [4.78, 5) is 32.0. The quantitative estimate of drug-likeness (QED) is 0.632. The Hall–Kier alpha value is -3.42. The van der Waals surface area contributed by atoms with Crippen LogP contribution >= 0.6 is 0 Å². The fourth-order valence-electron chi connectivity index (χ4n) is 3.08. The number of fused-ring (bicyclic) bond motifs is 1. The Morgan fingerprint density at radius 3 is 2.37 bits per heavy atom. The number of pyridine rings is 1. The molecule has 0 fully saturated rings. The molecule has 1 aromatic carbocycles. The Morgan fingerprint density at radius 1 is 1.03 bits per heavy atom. The van der Waals surface area contributed by atoms with Gasteiger partial charge < -0.3 is 4.90 Å². The first-order valence-corrected chi connectivity index (χ1v) is 9.95. The number of anilines is 1. The van der Waals surface area contributed by atoms with E-state index in [0.717, 1.165) is 11.4 Å². The van der Waals surface area contributed by atoms with Gasteiger partial charge in [0.1, 0.15) is 0 Å². The number of carbonyl (C=O) groups excluding carboxylic acids is 2. The maximum absolute atomic E-state index is 12.9. The monoisotopic (exact) mass is 408 g/mol. The molecule has 0 spiro atoms. The van der Waals surface area contributed by atoms with Crippen LogP contribution in [0.2, 0.25) is 0 Å². The lowest BCUT2D eigenvalue weighted by Crippen LogP contribution is -2.41. The van der Waals surface area contributed by atoms with Gasteiger partial charge in [-0.05, 0) is 44.0 Å². The highest BCUT2D eigenvalue weighted by Gasteiger charge is 2.19. The molecule has 0 atom stereocenters. The van der Waals surface area contributed by atoms with Crippen LogP contribution in [0.5, 0.6) is 0 Å². The molecule has 2 heterocycles. The standard InChI is InChI=1S/C22H28N6O2/c1-13(2)19-11-17(18-12-23-28(14(3)4)20(18)24-19)22(30)26-25-21(29)15-8-7-9-16(10-15)27(5)6/h7-14H,1-6H3,(H,25,29)(H,26,30). The summed E-state index contributed by atoms with van der Waals surface area (Å²) < 4.78 is 1.79. The van der Waals surface area contributed by atoms with E-state index in [1.165, 1.54) is 0 Å². The van der Waals surface area contributed by atoms with Crippen LogP contribution < -0.4 is 15.8 Å². The van der Waals surface area contributed by atoms with Crippen molar-refractivity contribution < 1.29 is 9.59 Å². The van der Waals surface area contributed by atoms with Gasteiger partial charge in [-0.25, -0.2) is 9.67 Å². The van der Waals surface area contributed by atoms with Crippen LogP contribution in [0.4, 0.5) is 5.69 Å². The minimum Gasteiger partial charge on any atom is -0.378 e. The van der Waals surface area contributed by atoms with Crippen LogP contribution in [0.3, 0.4) is 0 Å². The zero-order chi connectivity index (χ0) is 22.0. The van der Waals surface area contributed by atoms with Gasteiger partial charge in [-0.3, -0.25) is 20.4 Å². The summed E-state index contributed by atoms with van der Waals surface area (Å²) >= 11 is 0. The zero-order valence-corrected chi connectivity index (χ0v) is 18.2. The van der Waals surface area contributed by atoms with Crippen molar-refractivity contribution in [2.75, 3.05) is 19.0 Å². The van der Waals surface area contributed by atoms with E-state index in [0.29, 0.717) is 22.2 Å². The normalized spacial score (nSPS) is 11.2.